The molecule has 0 amide bonds. The van der Waals surface area contributed by atoms with Gasteiger partial charge in [0.25, 0.3) is 0 Å². The minimum atomic E-state index is 0.328. The van der Waals surface area contributed by atoms with Crippen LogP contribution in [0.2, 0.25) is 13.6 Å². The molecule has 0 heterocycles. The molecule has 40 heavy (non-hydrogen) atoms. The fourth-order valence-corrected chi connectivity index (χ4v) is 5.33. The van der Waals surface area contributed by atoms with Gasteiger partial charge in [-0.25, -0.2) is 0 Å². The van der Waals surface area contributed by atoms with E-state index in [0.717, 1.165) is 0 Å². The molecule has 0 aliphatic rings. The second kappa shape index (κ2) is 11.7. The summed E-state index contributed by atoms with van der Waals surface area (Å²) in [7, 11) is 2.12. The fourth-order valence-electron chi connectivity index (χ4n) is 5.33. The van der Waals surface area contributed by atoms with Crippen LogP contribution in [-0.4, -0.2) is 14.0 Å². The molecule has 0 spiro atoms. The van der Waals surface area contributed by atoms with Crippen LogP contribution >= 0.6 is 0 Å². The number of benzene rings is 6. The van der Waals surface area contributed by atoms with Crippen molar-refractivity contribution in [3.63, 3.8) is 0 Å². The van der Waals surface area contributed by atoms with Crippen molar-refractivity contribution < 1.29 is 0 Å². The van der Waals surface area contributed by atoms with Gasteiger partial charge in [0.2, 0.25) is 6.71 Å². The predicted octanol–water partition coefficient (Wildman–Crippen LogP) is 7.97. The van der Waals surface area contributed by atoms with Crippen LogP contribution < -0.4 is 16.4 Å². The molecule has 0 aromatic heterocycles. The van der Waals surface area contributed by atoms with Crippen molar-refractivity contribution in [1.29, 1.82) is 0 Å². The van der Waals surface area contributed by atoms with Crippen LogP contribution in [-0.2, 0) is 0 Å². The van der Waals surface area contributed by atoms with Crippen LogP contribution in [0.25, 0.3) is 44.5 Å². The van der Waals surface area contributed by atoms with Crippen molar-refractivity contribution in [3.05, 3.63) is 152 Å². The lowest BCUT2D eigenvalue weighted by atomic mass is 9.42. The van der Waals surface area contributed by atoms with Gasteiger partial charge in [0.05, 0.1) is 0 Å². The van der Waals surface area contributed by atoms with Crippen molar-refractivity contribution in [2.24, 2.45) is 0 Å². The highest BCUT2D eigenvalue weighted by Gasteiger charge is 2.13. The highest BCUT2D eigenvalue weighted by Crippen LogP contribution is 2.26. The monoisotopic (exact) mass is 509 g/mol. The summed E-state index contributed by atoms with van der Waals surface area (Å²) in [6.07, 6.45) is 0. The summed E-state index contributed by atoms with van der Waals surface area (Å²) in [6.45, 7) is 4.68. The molecule has 0 unspecified atom stereocenters. The molecular weight excluding hydrogens is 478 g/mol. The molecule has 0 saturated carbocycles. The zero-order valence-corrected chi connectivity index (χ0v) is 23.1. The van der Waals surface area contributed by atoms with Crippen LogP contribution in [0.4, 0.5) is 0 Å². The first-order chi connectivity index (χ1) is 19.7. The van der Waals surface area contributed by atoms with Gasteiger partial charge in [0.15, 0.2) is 0 Å². The van der Waals surface area contributed by atoms with E-state index in [2.05, 4.69) is 173 Å². The summed E-state index contributed by atoms with van der Waals surface area (Å²) < 4.78 is 0. The van der Waals surface area contributed by atoms with Crippen LogP contribution in [0.1, 0.15) is 0 Å². The van der Waals surface area contributed by atoms with Gasteiger partial charge in [-0.3, -0.25) is 0 Å². The minimum absolute atomic E-state index is 0.328. The number of hydrogen-bond donors (Lipinski definition) is 0. The summed E-state index contributed by atoms with van der Waals surface area (Å²) in [4.78, 5) is 0. The van der Waals surface area contributed by atoms with Gasteiger partial charge in [-0.1, -0.05) is 182 Å². The Hall–Kier alpha value is -4.55. The Balaban J connectivity index is 1.13. The lowest BCUT2D eigenvalue weighted by Crippen LogP contribution is -2.38. The Bertz CT molecular complexity index is 1670. The van der Waals surface area contributed by atoms with Gasteiger partial charge in [-0.2, -0.15) is 0 Å². The highest BCUT2D eigenvalue weighted by molar-refractivity contribution is 6.84. The smallest absolute Gasteiger partial charge is 0.0881 e. The largest absolute Gasteiger partial charge is 0.206 e. The minimum Gasteiger partial charge on any atom is -0.0881 e. The molecule has 0 saturated heterocycles. The van der Waals surface area contributed by atoms with Crippen LogP contribution in [0, 0.1) is 0 Å². The lowest BCUT2D eigenvalue weighted by molar-refractivity contribution is 1.59. The maximum absolute atomic E-state index is 2.29. The van der Waals surface area contributed by atoms with Gasteiger partial charge in [0.1, 0.15) is 7.28 Å². The van der Waals surface area contributed by atoms with Gasteiger partial charge in [-0.05, 0) is 44.5 Å². The molecule has 0 bridgehead atoms. The third-order valence-electron chi connectivity index (χ3n) is 7.94. The molecule has 6 rings (SSSR count). The van der Waals surface area contributed by atoms with E-state index in [9.17, 15) is 0 Å². The van der Waals surface area contributed by atoms with Crippen molar-refractivity contribution in [3.8, 4) is 44.5 Å². The van der Waals surface area contributed by atoms with Gasteiger partial charge < -0.3 is 0 Å². The fraction of sp³-hybridized carbons (Fsp3) is 0.0526. The first kappa shape index (κ1) is 25.7. The van der Waals surface area contributed by atoms with Crippen molar-refractivity contribution in [2.75, 3.05) is 0 Å². The third kappa shape index (κ3) is 5.58. The van der Waals surface area contributed by atoms with E-state index < -0.39 is 0 Å². The molecule has 6 aromatic carbocycles. The first-order valence-corrected chi connectivity index (χ1v) is 14.0. The van der Waals surface area contributed by atoms with Crippen molar-refractivity contribution in [2.45, 2.75) is 13.6 Å². The van der Waals surface area contributed by atoms with E-state index >= 15 is 0 Å². The van der Waals surface area contributed by atoms with E-state index in [1.165, 1.54) is 60.9 Å². The maximum atomic E-state index is 2.29. The summed E-state index contributed by atoms with van der Waals surface area (Å²) >= 11 is 0. The summed E-state index contributed by atoms with van der Waals surface area (Å²) in [5.74, 6) is 0. The Morgan fingerprint density at radius 2 is 0.625 bits per heavy atom. The van der Waals surface area contributed by atoms with E-state index in [1.54, 1.807) is 0 Å². The standard InChI is InChI=1S/C38H31B2/c1-39-36-22-16-33(17-23-36)30-12-14-32(15-13-30)35-20-26-38(27-21-35)40(2)37-24-18-34(19-25-37)31-10-8-29(9-11-31)28-6-4-3-5-7-28/h3-27H,1-2H3. The van der Waals surface area contributed by atoms with E-state index in [0.29, 0.717) is 6.71 Å². The van der Waals surface area contributed by atoms with E-state index in [-0.39, 0.29) is 0 Å². The Morgan fingerprint density at radius 3 is 0.950 bits per heavy atom. The molecule has 0 fully saturated rings. The van der Waals surface area contributed by atoms with E-state index in [4.69, 9.17) is 0 Å². The lowest BCUT2D eigenvalue weighted by Gasteiger charge is -2.12. The molecule has 2 heteroatoms. The van der Waals surface area contributed by atoms with Crippen molar-refractivity contribution in [1.82, 2.24) is 0 Å². The van der Waals surface area contributed by atoms with Crippen LogP contribution in [0.5, 0.6) is 0 Å². The number of hydrogen-bond acceptors (Lipinski definition) is 0. The molecule has 0 atom stereocenters. The quantitative estimate of drug-likeness (QED) is 0.192. The zero-order valence-electron chi connectivity index (χ0n) is 23.1. The summed E-state index contributed by atoms with van der Waals surface area (Å²) in [5, 5.41) is 0. The van der Waals surface area contributed by atoms with Crippen molar-refractivity contribution >= 4 is 30.4 Å². The van der Waals surface area contributed by atoms with Crippen LogP contribution in [0.15, 0.2) is 152 Å². The number of rotatable bonds is 7. The van der Waals surface area contributed by atoms with Gasteiger partial charge in [0, 0.05) is 0 Å². The molecule has 0 nitrogen and oxygen atoms in total. The average Bonchev–Trinajstić information content (AvgIpc) is 3.05. The Kier molecular flexibility index (Phi) is 7.51. The molecule has 0 aliphatic carbocycles. The zero-order chi connectivity index (χ0) is 27.3. The molecule has 1 radical (unpaired) electrons. The molecule has 189 valence electrons. The molecule has 0 aliphatic heterocycles. The first-order valence-electron chi connectivity index (χ1n) is 14.0. The summed E-state index contributed by atoms with van der Waals surface area (Å²) in [5.41, 5.74) is 13.9. The molecule has 6 aromatic rings. The topological polar surface area (TPSA) is 0 Å². The maximum Gasteiger partial charge on any atom is 0.206 e. The van der Waals surface area contributed by atoms with Crippen LogP contribution in [0.3, 0.4) is 0 Å². The van der Waals surface area contributed by atoms with Gasteiger partial charge >= 0.3 is 0 Å². The predicted molar refractivity (Wildman–Crippen MR) is 177 cm³/mol. The average molecular weight is 509 g/mol. The van der Waals surface area contributed by atoms with E-state index in [1.807, 2.05) is 0 Å². The normalized spacial score (nSPS) is 10.8. The Morgan fingerprint density at radius 1 is 0.350 bits per heavy atom. The highest BCUT2D eigenvalue weighted by atomic mass is 14.1. The molecule has 0 N–H and O–H groups in total. The second-order valence-electron chi connectivity index (χ2n) is 10.4. The summed E-state index contributed by atoms with van der Waals surface area (Å²) in [6, 6.07) is 55.0. The van der Waals surface area contributed by atoms with Gasteiger partial charge in [-0.15, -0.1) is 0 Å². The Labute approximate surface area is 239 Å². The SMILES string of the molecule is C[B]c1ccc(-c2ccc(-c3ccc(B(C)c4ccc(-c5ccc(-c6ccccc6)cc5)cc4)cc3)cc2)cc1. The molecular formula is C38H31B2. The second-order valence-corrected chi connectivity index (χ2v) is 10.4. The third-order valence-corrected chi connectivity index (χ3v) is 7.94.